The summed E-state index contributed by atoms with van der Waals surface area (Å²) in [6, 6.07) is 7.79. The average Bonchev–Trinajstić information content (AvgIpc) is 2.82. The van der Waals surface area contributed by atoms with Gasteiger partial charge in [-0.1, -0.05) is 29.8 Å². The quantitative estimate of drug-likeness (QED) is 0.786. The Morgan fingerprint density at radius 1 is 1.47 bits per heavy atom. The van der Waals surface area contributed by atoms with Gasteiger partial charge in [0.25, 0.3) is 0 Å². The Bertz CT molecular complexity index is 445. The molecule has 2 amide bonds. The van der Waals surface area contributed by atoms with E-state index in [1.807, 2.05) is 31.2 Å². The van der Waals surface area contributed by atoms with Gasteiger partial charge in [0.15, 0.2) is 0 Å². The van der Waals surface area contributed by atoms with Gasteiger partial charge in [-0.05, 0) is 24.7 Å². The van der Waals surface area contributed by atoms with Crippen LogP contribution in [0.1, 0.15) is 17.5 Å². The molecule has 1 saturated heterocycles. The first-order chi connectivity index (χ1) is 9.07. The minimum Gasteiger partial charge on any atom is -0.387 e. The highest BCUT2D eigenvalue weighted by molar-refractivity contribution is 7.99. The van der Waals surface area contributed by atoms with Gasteiger partial charge >= 0.3 is 6.03 Å². The van der Waals surface area contributed by atoms with Gasteiger partial charge < -0.3 is 15.7 Å². The number of aliphatic hydroxyl groups is 1. The van der Waals surface area contributed by atoms with Gasteiger partial charge in [0.2, 0.25) is 0 Å². The minimum atomic E-state index is -0.731. The molecular weight excluding hydrogens is 260 g/mol. The monoisotopic (exact) mass is 280 g/mol. The van der Waals surface area contributed by atoms with Crippen LogP contribution in [0.15, 0.2) is 24.3 Å². The van der Waals surface area contributed by atoms with E-state index in [4.69, 9.17) is 0 Å². The van der Waals surface area contributed by atoms with Gasteiger partial charge in [-0.3, -0.25) is 0 Å². The highest BCUT2D eigenvalue weighted by Gasteiger charge is 2.31. The number of benzene rings is 1. The van der Waals surface area contributed by atoms with Crippen molar-refractivity contribution in [2.24, 2.45) is 0 Å². The minimum absolute atomic E-state index is 0.230. The molecule has 4 nitrogen and oxygen atoms in total. The third-order valence-corrected chi connectivity index (χ3v) is 4.43. The largest absolute Gasteiger partial charge is 0.387 e. The molecule has 3 N–H and O–H groups in total. The summed E-state index contributed by atoms with van der Waals surface area (Å²) in [6.45, 7) is 2.84. The number of aryl methyl sites for hydroxylation is 1. The second-order valence-corrected chi connectivity index (χ2v) is 6.16. The molecule has 1 unspecified atom stereocenters. The van der Waals surface area contributed by atoms with Gasteiger partial charge in [-0.2, -0.15) is 11.8 Å². The Balaban J connectivity index is 1.73. The first-order valence-corrected chi connectivity index (χ1v) is 7.60. The fourth-order valence-electron chi connectivity index (χ4n) is 2.05. The number of carbonyl (C=O) groups excluding carboxylic acids is 1. The summed E-state index contributed by atoms with van der Waals surface area (Å²) in [5.41, 5.74) is 1.52. The van der Waals surface area contributed by atoms with Crippen LogP contribution >= 0.6 is 11.8 Å². The first kappa shape index (κ1) is 14.2. The summed E-state index contributed by atoms with van der Waals surface area (Å²) in [5, 5.41) is 15.6. The lowest BCUT2D eigenvalue weighted by molar-refractivity contribution is 0.0700. The predicted molar refractivity (Wildman–Crippen MR) is 78.3 cm³/mol. The summed E-state index contributed by atoms with van der Waals surface area (Å²) in [4.78, 5) is 11.7. The first-order valence-electron chi connectivity index (χ1n) is 6.45. The maximum atomic E-state index is 11.7. The summed E-state index contributed by atoms with van der Waals surface area (Å²) >= 11 is 1.72. The van der Waals surface area contributed by atoms with Crippen LogP contribution in [0.5, 0.6) is 0 Å². The molecule has 1 aromatic rings. The highest BCUT2D eigenvalue weighted by Crippen LogP contribution is 2.26. The zero-order valence-corrected chi connectivity index (χ0v) is 11.9. The van der Waals surface area contributed by atoms with Crippen molar-refractivity contribution in [1.29, 1.82) is 0 Å². The topological polar surface area (TPSA) is 61.4 Å². The van der Waals surface area contributed by atoms with Crippen molar-refractivity contribution in [2.45, 2.75) is 25.5 Å². The van der Waals surface area contributed by atoms with Crippen molar-refractivity contribution in [1.82, 2.24) is 10.6 Å². The highest BCUT2D eigenvalue weighted by atomic mass is 32.2. The molecule has 0 spiro atoms. The van der Waals surface area contributed by atoms with E-state index >= 15 is 0 Å². The zero-order chi connectivity index (χ0) is 13.7. The van der Waals surface area contributed by atoms with Crippen LogP contribution in [-0.2, 0) is 6.54 Å². The van der Waals surface area contributed by atoms with Gasteiger partial charge in [0, 0.05) is 18.8 Å². The molecule has 5 heteroatoms. The van der Waals surface area contributed by atoms with Crippen molar-refractivity contribution in [3.05, 3.63) is 35.4 Å². The summed E-state index contributed by atoms with van der Waals surface area (Å²) in [7, 11) is 0. The summed E-state index contributed by atoms with van der Waals surface area (Å²) in [5.74, 6) is 1.66. The van der Waals surface area contributed by atoms with E-state index in [0.717, 1.165) is 17.7 Å². The van der Waals surface area contributed by atoms with E-state index in [0.29, 0.717) is 18.8 Å². The number of carbonyl (C=O) groups is 1. The molecule has 1 aliphatic heterocycles. The molecule has 19 heavy (non-hydrogen) atoms. The lowest BCUT2D eigenvalue weighted by Gasteiger charge is -2.21. The van der Waals surface area contributed by atoms with E-state index in [1.165, 1.54) is 5.56 Å². The van der Waals surface area contributed by atoms with Crippen LogP contribution in [0.4, 0.5) is 4.79 Å². The number of rotatable bonds is 4. The Labute approximate surface area is 118 Å². The average molecular weight is 280 g/mol. The van der Waals surface area contributed by atoms with Crippen molar-refractivity contribution >= 4 is 17.8 Å². The molecule has 0 aromatic heterocycles. The Kier molecular flexibility index (Phi) is 4.71. The van der Waals surface area contributed by atoms with Crippen LogP contribution < -0.4 is 10.6 Å². The Morgan fingerprint density at radius 2 is 2.32 bits per heavy atom. The van der Waals surface area contributed by atoms with Crippen LogP contribution in [-0.4, -0.2) is 34.8 Å². The molecule has 104 valence electrons. The maximum absolute atomic E-state index is 11.7. The standard InChI is InChI=1S/C14H20N2O2S/c1-11-3-2-4-12(7-11)8-15-13(17)16-9-14(18)5-6-19-10-14/h2-4,7,18H,5-6,8-10H2,1H3,(H2,15,16,17). The van der Waals surface area contributed by atoms with Gasteiger partial charge in [-0.15, -0.1) is 0 Å². The number of thioether (sulfide) groups is 1. The molecule has 0 aliphatic carbocycles. The molecule has 1 aromatic carbocycles. The van der Waals surface area contributed by atoms with Gasteiger partial charge in [0.1, 0.15) is 0 Å². The van der Waals surface area contributed by atoms with E-state index < -0.39 is 5.60 Å². The van der Waals surface area contributed by atoms with Crippen LogP contribution in [0.3, 0.4) is 0 Å². The Morgan fingerprint density at radius 3 is 3.00 bits per heavy atom. The summed E-state index contributed by atoms with van der Waals surface area (Å²) in [6.07, 6.45) is 0.746. The van der Waals surface area contributed by atoms with E-state index in [9.17, 15) is 9.90 Å². The lowest BCUT2D eigenvalue weighted by atomic mass is 10.0. The summed E-state index contributed by atoms with van der Waals surface area (Å²) < 4.78 is 0. The molecule has 0 radical (unpaired) electrons. The van der Waals surface area contributed by atoms with Crippen LogP contribution in [0, 0.1) is 6.92 Å². The maximum Gasteiger partial charge on any atom is 0.315 e. The van der Waals surface area contributed by atoms with Gasteiger partial charge in [-0.25, -0.2) is 4.79 Å². The molecule has 2 rings (SSSR count). The van der Waals surface area contributed by atoms with E-state index in [1.54, 1.807) is 11.8 Å². The molecule has 1 atom stereocenters. The predicted octanol–water partition coefficient (Wildman–Crippen LogP) is 1.66. The number of hydrogen-bond donors (Lipinski definition) is 3. The molecule has 1 fully saturated rings. The SMILES string of the molecule is Cc1cccc(CNC(=O)NCC2(O)CCSC2)c1. The van der Waals surface area contributed by atoms with Gasteiger partial charge in [0.05, 0.1) is 5.60 Å². The third-order valence-electron chi connectivity index (χ3n) is 3.20. The van der Waals surface area contributed by atoms with Crippen molar-refractivity contribution in [3.63, 3.8) is 0 Å². The number of nitrogens with one attached hydrogen (secondary N) is 2. The number of amides is 2. The fraction of sp³-hybridized carbons (Fsp3) is 0.500. The van der Waals surface area contributed by atoms with Crippen molar-refractivity contribution in [3.8, 4) is 0 Å². The second kappa shape index (κ2) is 6.30. The van der Waals surface area contributed by atoms with Crippen LogP contribution in [0.25, 0.3) is 0 Å². The Hall–Kier alpha value is -1.20. The number of urea groups is 1. The van der Waals surface area contributed by atoms with E-state index in [-0.39, 0.29) is 6.03 Å². The lowest BCUT2D eigenvalue weighted by Crippen LogP contribution is -2.46. The molecular formula is C14H20N2O2S. The fourth-order valence-corrected chi connectivity index (χ4v) is 3.34. The van der Waals surface area contributed by atoms with Crippen LogP contribution in [0.2, 0.25) is 0 Å². The second-order valence-electron chi connectivity index (χ2n) is 5.05. The normalized spacial score (nSPS) is 22.2. The smallest absolute Gasteiger partial charge is 0.315 e. The van der Waals surface area contributed by atoms with Crippen molar-refractivity contribution < 1.29 is 9.90 Å². The number of hydrogen-bond acceptors (Lipinski definition) is 3. The third kappa shape index (κ3) is 4.44. The molecule has 1 heterocycles. The molecule has 0 saturated carbocycles. The molecule has 0 bridgehead atoms. The van der Waals surface area contributed by atoms with Crippen molar-refractivity contribution in [2.75, 3.05) is 18.1 Å². The zero-order valence-electron chi connectivity index (χ0n) is 11.1. The molecule has 1 aliphatic rings. The van der Waals surface area contributed by atoms with E-state index in [2.05, 4.69) is 10.6 Å².